The Balaban J connectivity index is 1.07. The summed E-state index contributed by atoms with van der Waals surface area (Å²) in [5.74, 6) is -0.656. The summed E-state index contributed by atoms with van der Waals surface area (Å²) < 4.78 is 48.7. The SMILES string of the molecule is COc1ccc(N=Nc2c(SOOO)cc3cc(S(=O)(=O)O)cc(N=Nc4ccc(Nc5ccc(N=Nc6ccc(Nc7ccc([N+](=O)[O-])cc7SOOO)cc6)c(O)c5)cc4O)c3c2O)cc1. The van der Waals surface area contributed by atoms with Gasteiger partial charge >= 0.3 is 0 Å². The molecule has 0 unspecified atom stereocenters. The zero-order chi connectivity index (χ0) is 48.4. The van der Waals surface area contributed by atoms with Crippen molar-refractivity contribution in [2.75, 3.05) is 17.7 Å². The number of benzene rings is 7. The first-order valence-electron chi connectivity index (χ1n) is 18.8. The molecule has 7 aromatic rings. The Morgan fingerprint density at radius 1 is 0.618 bits per heavy atom. The van der Waals surface area contributed by atoms with Crippen molar-refractivity contribution in [3.8, 4) is 23.0 Å². The maximum Gasteiger partial charge on any atom is 0.294 e. The van der Waals surface area contributed by atoms with E-state index in [1.807, 2.05) is 0 Å². The van der Waals surface area contributed by atoms with Crippen LogP contribution in [0.25, 0.3) is 10.8 Å². The molecule has 7 aromatic carbocycles. The normalized spacial score (nSPS) is 11.8. The van der Waals surface area contributed by atoms with Crippen LogP contribution in [0.2, 0.25) is 0 Å². The van der Waals surface area contributed by atoms with Crippen LogP contribution >= 0.6 is 24.1 Å². The maximum absolute atomic E-state index is 12.3. The monoisotopic (exact) mass is 985 g/mol. The first-order valence-corrected chi connectivity index (χ1v) is 21.7. The van der Waals surface area contributed by atoms with Crippen LogP contribution in [0.15, 0.2) is 167 Å². The van der Waals surface area contributed by atoms with Gasteiger partial charge in [-0.1, -0.05) is 10.1 Å². The summed E-state index contributed by atoms with van der Waals surface area (Å²) in [6.45, 7) is 0. The van der Waals surface area contributed by atoms with Gasteiger partial charge < -0.3 is 30.7 Å². The number of aromatic hydroxyl groups is 3. The Kier molecular flexibility index (Phi) is 15.3. The largest absolute Gasteiger partial charge is 0.506 e. The molecule has 348 valence electrons. The number of methoxy groups -OCH3 is 1. The fourth-order valence-electron chi connectivity index (χ4n) is 6.01. The number of phenolic OH excluding ortho intramolecular Hbond substituents is 3. The fraction of sp³-hybridized carbons (Fsp3) is 0.0244. The van der Waals surface area contributed by atoms with Crippen LogP contribution < -0.4 is 15.4 Å². The number of nitro groups is 1. The zero-order valence-electron chi connectivity index (χ0n) is 34.3. The third-order valence-electron chi connectivity index (χ3n) is 9.15. The Morgan fingerprint density at radius 2 is 1.18 bits per heavy atom. The van der Waals surface area contributed by atoms with Gasteiger partial charge in [-0.2, -0.15) is 18.6 Å². The first kappa shape index (κ1) is 48.1. The highest BCUT2D eigenvalue weighted by atomic mass is 32.2. The van der Waals surface area contributed by atoms with E-state index in [4.69, 9.17) is 15.3 Å². The number of nitro benzene ring substituents is 1. The zero-order valence-corrected chi connectivity index (χ0v) is 36.7. The molecule has 0 amide bonds. The van der Waals surface area contributed by atoms with Gasteiger partial charge in [0.2, 0.25) is 0 Å². The standard InChI is InChI=1S/C41H31N9O15S3/c1-61-29-11-6-25(7-12-29)45-49-40-38(67-65-63-57)17-22-16-30(68(58,59)60)21-34(39(22)41(40)53)48-47-32-14-9-27(19-36(32)52)42-26-8-13-31(35(51)18-26)46-44-24-4-2-23(3-5-24)43-33-15-10-28(50(54)55)20-37(33)66-64-62-56/h2-21,42-43,51-53,56-57H,1H3,(H,58,59,60). The molecule has 68 heavy (non-hydrogen) atoms. The average Bonchev–Trinajstić information content (AvgIpc) is 3.32. The van der Waals surface area contributed by atoms with Gasteiger partial charge in [0, 0.05) is 41.3 Å². The molecule has 24 nitrogen and oxygen atoms in total. The number of rotatable bonds is 19. The van der Waals surface area contributed by atoms with E-state index in [2.05, 4.69) is 60.1 Å². The highest BCUT2D eigenvalue weighted by Crippen LogP contribution is 2.48. The summed E-state index contributed by atoms with van der Waals surface area (Å²) in [5.41, 5.74) is 1.83. The van der Waals surface area contributed by atoms with Crippen molar-refractivity contribution < 1.29 is 67.2 Å². The average molecular weight is 986 g/mol. The van der Waals surface area contributed by atoms with Gasteiger partial charge in [0.05, 0.1) is 78.9 Å². The molecule has 0 atom stereocenters. The Bertz CT molecular complexity index is 3200. The predicted octanol–water partition coefficient (Wildman–Crippen LogP) is 12.7. The summed E-state index contributed by atoms with van der Waals surface area (Å²) in [6, 6.07) is 28.9. The Labute approximate surface area is 390 Å². The molecular weight excluding hydrogens is 955 g/mol. The van der Waals surface area contributed by atoms with Crippen LogP contribution in [-0.2, 0) is 28.9 Å². The van der Waals surface area contributed by atoms with Gasteiger partial charge in [0.15, 0.2) is 5.75 Å². The molecule has 0 aliphatic heterocycles. The lowest BCUT2D eigenvalue weighted by molar-refractivity contribution is -0.432. The predicted molar refractivity (Wildman–Crippen MR) is 245 cm³/mol. The number of hydrogen-bond donors (Lipinski definition) is 8. The lowest BCUT2D eigenvalue weighted by atomic mass is 10.1. The van der Waals surface area contributed by atoms with E-state index in [-0.39, 0.29) is 60.5 Å². The van der Waals surface area contributed by atoms with Gasteiger partial charge in [0.1, 0.15) is 34.3 Å². The van der Waals surface area contributed by atoms with Gasteiger partial charge in [-0.25, -0.2) is 10.5 Å². The van der Waals surface area contributed by atoms with E-state index in [1.54, 1.807) is 54.6 Å². The number of fused-ring (bicyclic) bond motifs is 1. The number of nitrogens with one attached hydrogen (secondary N) is 2. The van der Waals surface area contributed by atoms with Crippen LogP contribution in [0.5, 0.6) is 23.0 Å². The molecule has 0 aliphatic rings. The number of nitrogens with zero attached hydrogens (tertiary/aromatic N) is 7. The highest BCUT2D eigenvalue weighted by Gasteiger charge is 2.22. The number of azo groups is 3. The fourth-order valence-corrected chi connectivity index (χ4v) is 7.52. The van der Waals surface area contributed by atoms with Crippen molar-refractivity contribution in [2.24, 2.45) is 30.7 Å². The molecule has 7 rings (SSSR count). The highest BCUT2D eigenvalue weighted by molar-refractivity contribution is 7.95. The van der Waals surface area contributed by atoms with Crippen molar-refractivity contribution in [1.29, 1.82) is 0 Å². The third-order valence-corrected chi connectivity index (χ3v) is 11.2. The minimum absolute atomic E-state index is 0.00125. The lowest BCUT2D eigenvalue weighted by Crippen LogP contribution is -1.98. The summed E-state index contributed by atoms with van der Waals surface area (Å²) in [6.07, 6.45) is 0. The second kappa shape index (κ2) is 21.6. The molecule has 8 N–H and O–H groups in total. The van der Waals surface area contributed by atoms with Crippen LogP contribution in [-0.4, -0.2) is 50.8 Å². The second-order valence-electron chi connectivity index (χ2n) is 13.5. The number of non-ortho nitro benzene ring substituents is 1. The first-order chi connectivity index (χ1) is 32.7. The van der Waals surface area contributed by atoms with Crippen molar-refractivity contribution in [3.05, 3.63) is 131 Å². The maximum atomic E-state index is 12.3. The minimum atomic E-state index is -4.84. The molecule has 27 heteroatoms. The van der Waals surface area contributed by atoms with Crippen LogP contribution in [0.1, 0.15) is 0 Å². The minimum Gasteiger partial charge on any atom is -0.506 e. The molecule has 0 bridgehead atoms. The lowest BCUT2D eigenvalue weighted by Gasteiger charge is -2.12. The molecular formula is C41H31N9O15S3. The van der Waals surface area contributed by atoms with Crippen molar-refractivity contribution in [2.45, 2.75) is 14.7 Å². The van der Waals surface area contributed by atoms with Crippen LogP contribution in [0, 0.1) is 10.1 Å². The summed E-state index contributed by atoms with van der Waals surface area (Å²) in [5, 5.41) is 99.8. The summed E-state index contributed by atoms with van der Waals surface area (Å²) in [4.78, 5) is 10.2. The van der Waals surface area contributed by atoms with E-state index < -0.39 is 25.7 Å². The van der Waals surface area contributed by atoms with Crippen LogP contribution in [0.4, 0.5) is 62.6 Å². The van der Waals surface area contributed by atoms with Crippen LogP contribution in [0.3, 0.4) is 0 Å². The van der Waals surface area contributed by atoms with Crippen molar-refractivity contribution >= 4 is 108 Å². The molecule has 0 aromatic heterocycles. The van der Waals surface area contributed by atoms with Gasteiger partial charge in [-0.15, -0.1) is 29.1 Å². The van der Waals surface area contributed by atoms with E-state index in [9.17, 15) is 38.4 Å². The van der Waals surface area contributed by atoms with Gasteiger partial charge in [-0.05, 0) is 102 Å². The van der Waals surface area contributed by atoms with E-state index >= 15 is 0 Å². The molecule has 0 radical (unpaired) electrons. The van der Waals surface area contributed by atoms with E-state index in [0.717, 1.165) is 12.1 Å². The molecule has 0 aliphatic carbocycles. The second-order valence-corrected chi connectivity index (χ2v) is 16.4. The smallest absolute Gasteiger partial charge is 0.294 e. The summed E-state index contributed by atoms with van der Waals surface area (Å²) >= 11 is 0.952. The topological polar surface area (TPSA) is 343 Å². The van der Waals surface area contributed by atoms with Crippen molar-refractivity contribution in [3.63, 3.8) is 0 Å². The Hall–Kier alpha value is -7.83. The van der Waals surface area contributed by atoms with E-state index in [0.29, 0.717) is 64.0 Å². The quantitative estimate of drug-likeness (QED) is 0.00931. The number of phenols is 3. The van der Waals surface area contributed by atoms with Gasteiger partial charge in [0.25, 0.3) is 15.8 Å². The van der Waals surface area contributed by atoms with Crippen molar-refractivity contribution in [1.82, 2.24) is 0 Å². The van der Waals surface area contributed by atoms with E-state index in [1.165, 1.54) is 61.7 Å². The summed E-state index contributed by atoms with van der Waals surface area (Å²) in [7, 11) is -3.35. The Morgan fingerprint density at radius 3 is 1.75 bits per heavy atom. The molecule has 0 saturated carbocycles. The number of ether oxygens (including phenoxy) is 1. The molecule has 0 heterocycles. The molecule has 0 spiro atoms. The van der Waals surface area contributed by atoms with Gasteiger partial charge in [-0.3, -0.25) is 14.7 Å². The molecule has 0 saturated heterocycles. The number of hydrogen-bond acceptors (Lipinski definition) is 24. The number of anilines is 4. The third kappa shape index (κ3) is 11.9. The molecule has 0 fully saturated rings.